The standard InChI is InChI=1S/C50H68N2O12/c1-7-11-45(55)61-40-21-15-32(42(27-40)63-47(57)13-9-3)30-51(5)36-17-18-37(51)24-34(23-36)50(49(59)60,29-44(53)54)35-25-38-19-20-39(26-35)52(38,6)31-33-16-22-41(62-46(56)12-8-2)28-43(33)64-48(58)14-10-4/h15-16,21-22,27-28,34-39H,7-14,17-20,23-26,29-31H2,1-6H3/p+2/t34?,35?,36-,37+,38-,39+,50?,51?,52?. The summed E-state index contributed by atoms with van der Waals surface area (Å²) < 4.78 is 24.1. The van der Waals surface area contributed by atoms with Crippen LogP contribution in [0.5, 0.6) is 23.0 Å². The zero-order valence-corrected chi connectivity index (χ0v) is 38.7. The van der Waals surface area contributed by atoms with Crippen LogP contribution >= 0.6 is 0 Å². The molecule has 8 atom stereocenters. The van der Waals surface area contributed by atoms with E-state index in [4.69, 9.17) is 18.9 Å². The van der Waals surface area contributed by atoms with Crippen LogP contribution < -0.4 is 18.9 Å². The molecule has 14 nitrogen and oxygen atoms in total. The molecule has 0 aromatic heterocycles. The average molecular weight is 891 g/mol. The highest BCUT2D eigenvalue weighted by molar-refractivity contribution is 5.82. The number of carboxylic acid groups (broad SMARTS) is 2. The molecule has 4 saturated heterocycles. The van der Waals surface area contributed by atoms with E-state index in [2.05, 4.69) is 14.1 Å². The summed E-state index contributed by atoms with van der Waals surface area (Å²) >= 11 is 0. The predicted octanol–water partition coefficient (Wildman–Crippen LogP) is 8.53. The summed E-state index contributed by atoms with van der Waals surface area (Å²) in [6, 6.07) is 10.6. The number of piperidine rings is 2. The van der Waals surface area contributed by atoms with Crippen molar-refractivity contribution in [2.75, 3.05) is 14.1 Å². The smallest absolute Gasteiger partial charge is 0.311 e. The fraction of sp³-hybridized carbons (Fsp3) is 0.640. The number of quaternary nitrogens is 2. The number of benzene rings is 2. The normalized spacial score (nSPS) is 27.8. The number of aliphatic carboxylic acids is 2. The van der Waals surface area contributed by atoms with Crippen LogP contribution in [-0.4, -0.2) is 93.3 Å². The first-order valence-corrected chi connectivity index (χ1v) is 23.7. The molecule has 2 aromatic carbocycles. The number of hydrogen-bond donors (Lipinski definition) is 2. The maximum absolute atomic E-state index is 14.0. The highest BCUT2D eigenvalue weighted by Crippen LogP contribution is 2.59. The molecule has 2 aromatic rings. The van der Waals surface area contributed by atoms with Gasteiger partial charge in [-0.2, -0.15) is 0 Å². The summed E-state index contributed by atoms with van der Waals surface area (Å²) in [6.45, 7) is 8.62. The fourth-order valence-corrected chi connectivity index (χ4v) is 12.1. The van der Waals surface area contributed by atoms with Gasteiger partial charge in [0.25, 0.3) is 0 Å². The lowest BCUT2D eigenvalue weighted by Crippen LogP contribution is -2.63. The summed E-state index contributed by atoms with van der Waals surface area (Å²) in [5, 5.41) is 22.0. The number of esters is 4. The molecule has 4 aliphatic rings. The molecule has 4 heterocycles. The van der Waals surface area contributed by atoms with Gasteiger partial charge in [-0.3, -0.25) is 28.8 Å². The minimum atomic E-state index is -1.47. The van der Waals surface area contributed by atoms with Crippen molar-refractivity contribution >= 4 is 35.8 Å². The molecule has 0 amide bonds. The van der Waals surface area contributed by atoms with E-state index in [1.165, 1.54) is 0 Å². The molecular weight excluding hydrogens is 821 g/mol. The van der Waals surface area contributed by atoms with E-state index in [1.54, 1.807) is 24.3 Å². The second-order valence-corrected chi connectivity index (χ2v) is 19.5. The summed E-state index contributed by atoms with van der Waals surface area (Å²) in [7, 11) is 4.37. The Hall–Kier alpha value is -4.82. The zero-order chi connectivity index (χ0) is 46.4. The monoisotopic (exact) mass is 890 g/mol. The van der Waals surface area contributed by atoms with Crippen molar-refractivity contribution in [2.45, 2.75) is 174 Å². The van der Waals surface area contributed by atoms with Gasteiger partial charge in [-0.1, -0.05) is 27.7 Å². The van der Waals surface area contributed by atoms with E-state index in [0.717, 1.165) is 36.8 Å². The SMILES string of the molecule is CCCC(=O)Oc1ccc(C[N+]2(C)[C@@H]3CC[C@H]2CC(C(CC(=O)O)(C(=O)O)C2C[C@H]4CC[C@@H](C2)[N+]4(C)Cc2ccc(OC(=O)CCC)cc2OC(=O)CCC)C3)c(OC(=O)CCC)c1. The van der Waals surface area contributed by atoms with Crippen LogP contribution in [0, 0.1) is 17.3 Å². The van der Waals surface area contributed by atoms with Crippen molar-refractivity contribution in [3.8, 4) is 23.0 Å². The zero-order valence-electron chi connectivity index (χ0n) is 38.7. The van der Waals surface area contributed by atoms with Crippen LogP contribution in [0.3, 0.4) is 0 Å². The Kier molecular flexibility index (Phi) is 15.6. The van der Waals surface area contributed by atoms with Gasteiger partial charge in [0, 0.05) is 100 Å². The van der Waals surface area contributed by atoms with Gasteiger partial charge in [0.15, 0.2) is 0 Å². The van der Waals surface area contributed by atoms with E-state index in [0.29, 0.717) is 96.4 Å². The van der Waals surface area contributed by atoms with Gasteiger partial charge in [0.2, 0.25) is 0 Å². The second-order valence-electron chi connectivity index (χ2n) is 19.5. The lowest BCUT2D eigenvalue weighted by Gasteiger charge is -2.55. The van der Waals surface area contributed by atoms with Crippen LogP contribution in [0.1, 0.15) is 148 Å². The van der Waals surface area contributed by atoms with Crippen molar-refractivity contribution in [2.24, 2.45) is 17.3 Å². The quantitative estimate of drug-likeness (QED) is 0.0694. The highest BCUT2D eigenvalue weighted by atomic mass is 16.6. The molecule has 350 valence electrons. The van der Waals surface area contributed by atoms with Crippen molar-refractivity contribution in [3.63, 3.8) is 0 Å². The minimum Gasteiger partial charge on any atom is -0.481 e. The van der Waals surface area contributed by atoms with E-state index in [-0.39, 0.29) is 85.6 Å². The van der Waals surface area contributed by atoms with Gasteiger partial charge in [0.05, 0.1) is 50.1 Å². The number of carbonyl (C=O) groups excluding carboxylic acids is 4. The van der Waals surface area contributed by atoms with Gasteiger partial charge >= 0.3 is 35.8 Å². The third-order valence-corrected chi connectivity index (χ3v) is 15.4. The van der Waals surface area contributed by atoms with Gasteiger partial charge < -0.3 is 38.1 Å². The van der Waals surface area contributed by atoms with Crippen molar-refractivity contribution in [3.05, 3.63) is 47.5 Å². The van der Waals surface area contributed by atoms with Gasteiger partial charge in [-0.05, 0) is 61.8 Å². The van der Waals surface area contributed by atoms with E-state index in [1.807, 2.05) is 39.8 Å². The number of carbonyl (C=O) groups is 6. The summed E-state index contributed by atoms with van der Waals surface area (Å²) in [5.74, 6) is -3.03. The Morgan fingerprint density at radius 2 is 0.875 bits per heavy atom. The number of hydrogen-bond acceptors (Lipinski definition) is 10. The Labute approximate surface area is 377 Å². The largest absolute Gasteiger partial charge is 0.481 e. The van der Waals surface area contributed by atoms with Crippen LogP contribution in [-0.2, 0) is 41.9 Å². The van der Waals surface area contributed by atoms with Crippen LogP contribution in [0.4, 0.5) is 0 Å². The first-order valence-electron chi connectivity index (χ1n) is 23.7. The Morgan fingerprint density at radius 3 is 1.17 bits per heavy atom. The van der Waals surface area contributed by atoms with Gasteiger partial charge in [-0.15, -0.1) is 0 Å². The number of rotatable bonds is 21. The maximum atomic E-state index is 14.0. The molecule has 4 aliphatic heterocycles. The molecule has 0 saturated carbocycles. The third kappa shape index (κ3) is 10.3. The van der Waals surface area contributed by atoms with Gasteiger partial charge in [0.1, 0.15) is 36.1 Å². The maximum Gasteiger partial charge on any atom is 0.311 e. The predicted molar refractivity (Wildman–Crippen MR) is 236 cm³/mol. The number of fused-ring (bicyclic) bond motifs is 4. The summed E-state index contributed by atoms with van der Waals surface area (Å²) in [4.78, 5) is 77.2. The third-order valence-electron chi connectivity index (χ3n) is 15.4. The van der Waals surface area contributed by atoms with Crippen LogP contribution in [0.2, 0.25) is 0 Å². The summed E-state index contributed by atoms with van der Waals surface area (Å²) in [6.07, 6.45) is 8.77. The number of ether oxygens (including phenoxy) is 4. The Balaban J connectivity index is 1.25. The van der Waals surface area contributed by atoms with E-state index < -0.39 is 23.8 Å². The van der Waals surface area contributed by atoms with Crippen molar-refractivity contribution in [1.29, 1.82) is 0 Å². The first-order chi connectivity index (χ1) is 30.5. The molecular formula is C50H70N2O12+2. The number of nitrogens with zero attached hydrogens (tertiary/aromatic N) is 2. The summed E-state index contributed by atoms with van der Waals surface area (Å²) in [5.41, 5.74) is 0.118. The van der Waals surface area contributed by atoms with Crippen LogP contribution in [0.15, 0.2) is 36.4 Å². The Morgan fingerprint density at radius 1 is 0.547 bits per heavy atom. The van der Waals surface area contributed by atoms with Crippen molar-refractivity contribution < 1.29 is 66.9 Å². The molecule has 4 fully saturated rings. The average Bonchev–Trinajstić information content (AvgIpc) is 3.44. The lowest BCUT2D eigenvalue weighted by atomic mass is 9.57. The van der Waals surface area contributed by atoms with Gasteiger partial charge in [-0.25, -0.2) is 0 Å². The molecule has 64 heavy (non-hydrogen) atoms. The molecule has 4 unspecified atom stereocenters. The Bertz CT molecular complexity index is 1910. The molecule has 2 N–H and O–H groups in total. The lowest BCUT2D eigenvalue weighted by molar-refractivity contribution is -0.963. The van der Waals surface area contributed by atoms with E-state index in [9.17, 15) is 39.0 Å². The second kappa shape index (κ2) is 20.6. The number of carboxylic acids is 2. The minimum absolute atomic E-state index is 0.0527. The first kappa shape index (κ1) is 48.6. The highest BCUT2D eigenvalue weighted by Gasteiger charge is 2.64. The van der Waals surface area contributed by atoms with E-state index >= 15 is 0 Å². The van der Waals surface area contributed by atoms with Crippen molar-refractivity contribution in [1.82, 2.24) is 0 Å². The molecule has 0 radical (unpaired) electrons. The fourth-order valence-electron chi connectivity index (χ4n) is 12.1. The topological polar surface area (TPSA) is 180 Å². The molecule has 14 heteroatoms. The molecule has 0 spiro atoms. The van der Waals surface area contributed by atoms with Crippen LogP contribution in [0.25, 0.3) is 0 Å². The molecule has 4 bridgehead atoms. The molecule has 0 aliphatic carbocycles. The molecule has 6 rings (SSSR count).